The third-order valence-corrected chi connectivity index (χ3v) is 21.9. The van der Waals surface area contributed by atoms with Gasteiger partial charge in [-0.2, -0.15) is 0 Å². The van der Waals surface area contributed by atoms with Crippen molar-refractivity contribution in [2.75, 3.05) is 33.0 Å². The van der Waals surface area contributed by atoms with Crippen LogP contribution in [0.2, 0.25) is 0 Å². The van der Waals surface area contributed by atoms with Gasteiger partial charge in [0.05, 0.1) is 50.8 Å². The summed E-state index contributed by atoms with van der Waals surface area (Å²) >= 11 is 0. The molecule has 10 fully saturated rings. The second-order valence-corrected chi connectivity index (χ2v) is 26.2. The van der Waals surface area contributed by atoms with E-state index in [0.717, 1.165) is 57.8 Å². The first kappa shape index (κ1) is 55.5. The molecule has 0 amide bonds. The summed E-state index contributed by atoms with van der Waals surface area (Å²) in [6, 6.07) is 0. The summed E-state index contributed by atoms with van der Waals surface area (Å²) in [5.41, 5.74) is -1.30. The zero-order valence-electron chi connectivity index (χ0n) is 43.4. The van der Waals surface area contributed by atoms with Gasteiger partial charge in [-0.1, -0.05) is 48.5 Å². The van der Waals surface area contributed by atoms with Gasteiger partial charge in [0.25, 0.3) is 0 Å². The minimum Gasteiger partial charge on any atom is -0.394 e. The Hall–Kier alpha value is -0.840. The Kier molecular flexibility index (Phi) is 14.8. The summed E-state index contributed by atoms with van der Waals surface area (Å²) in [4.78, 5) is 0. The van der Waals surface area contributed by atoms with E-state index in [9.17, 15) is 61.3 Å². The number of rotatable bonds is 10. The van der Waals surface area contributed by atoms with Crippen LogP contribution in [0.5, 0.6) is 0 Å². The highest BCUT2D eigenvalue weighted by Gasteiger charge is 2.80. The van der Waals surface area contributed by atoms with Gasteiger partial charge in [-0.05, 0) is 104 Å². The maximum Gasteiger partial charge on any atom is 0.187 e. The Morgan fingerprint density at radius 1 is 0.507 bits per heavy atom. The molecule has 5 saturated heterocycles. The number of fused-ring (bicyclic) bond motifs is 4. The van der Waals surface area contributed by atoms with Crippen molar-refractivity contribution in [2.24, 2.45) is 50.2 Å². The molecule has 21 nitrogen and oxygen atoms in total. The highest BCUT2D eigenvalue weighted by Crippen LogP contribution is 2.80. The smallest absolute Gasteiger partial charge is 0.187 e. The van der Waals surface area contributed by atoms with Crippen molar-refractivity contribution in [2.45, 2.75) is 241 Å². The van der Waals surface area contributed by atoms with E-state index in [1.807, 2.05) is 0 Å². The molecular formula is C52H86O21. The summed E-state index contributed by atoms with van der Waals surface area (Å²) in [7, 11) is 0. The Labute approximate surface area is 427 Å². The van der Waals surface area contributed by atoms with Crippen LogP contribution in [0, 0.1) is 50.2 Å². The number of aliphatic hydroxyl groups excluding tert-OH is 12. The summed E-state index contributed by atoms with van der Waals surface area (Å²) < 4.78 is 56.0. The van der Waals surface area contributed by atoms with Crippen LogP contribution in [-0.2, 0) is 42.6 Å². The molecule has 1 spiro atoms. The predicted octanol–water partition coefficient (Wildman–Crippen LogP) is -1.07. The van der Waals surface area contributed by atoms with Gasteiger partial charge in [0.1, 0.15) is 85.5 Å². The lowest BCUT2D eigenvalue weighted by molar-refractivity contribution is -0.392. The molecule has 5 aliphatic carbocycles. The van der Waals surface area contributed by atoms with Crippen molar-refractivity contribution in [3.8, 4) is 0 Å². The topological polar surface area (TPSA) is 326 Å². The van der Waals surface area contributed by atoms with E-state index in [1.165, 1.54) is 0 Å². The summed E-state index contributed by atoms with van der Waals surface area (Å²) in [6.07, 6.45) is -21.4. The highest BCUT2D eigenvalue weighted by atomic mass is 16.8. The molecule has 10 aliphatic rings. The largest absolute Gasteiger partial charge is 0.394 e. The molecule has 5 aliphatic heterocycles. The fourth-order valence-electron chi connectivity index (χ4n) is 17.4. The molecule has 5 heterocycles. The molecule has 5 saturated carbocycles. The fraction of sp³-hybridized carbons (Fsp3) is 1.00. The average Bonchev–Trinajstić information content (AvgIpc) is 3.62. The minimum atomic E-state index is -1.87. The summed E-state index contributed by atoms with van der Waals surface area (Å²) in [5, 5.41) is 131. The molecule has 420 valence electrons. The fourth-order valence-corrected chi connectivity index (χ4v) is 17.4. The molecule has 21 heteroatoms. The Bertz CT molecular complexity index is 1960. The molecule has 0 radical (unpaired) electrons. The number of ether oxygens (including phenoxy) is 9. The Morgan fingerprint density at radius 3 is 1.82 bits per heavy atom. The summed E-state index contributed by atoms with van der Waals surface area (Å²) in [5.74, 6) is 0.799. The molecule has 0 aromatic heterocycles. The van der Waals surface area contributed by atoms with E-state index in [4.69, 9.17) is 42.6 Å². The van der Waals surface area contributed by atoms with Crippen LogP contribution in [0.1, 0.15) is 113 Å². The van der Waals surface area contributed by atoms with Crippen LogP contribution >= 0.6 is 0 Å². The monoisotopic (exact) mass is 1050 g/mol. The van der Waals surface area contributed by atoms with Crippen LogP contribution in [0.25, 0.3) is 0 Å². The lowest BCUT2D eigenvalue weighted by Gasteiger charge is -2.75. The third-order valence-electron chi connectivity index (χ3n) is 21.9. The molecule has 2 unspecified atom stereocenters. The van der Waals surface area contributed by atoms with Gasteiger partial charge in [0.15, 0.2) is 25.2 Å². The quantitative estimate of drug-likeness (QED) is 0.116. The first-order valence-corrected chi connectivity index (χ1v) is 27.1. The second kappa shape index (κ2) is 19.5. The minimum absolute atomic E-state index is 0.122. The second-order valence-electron chi connectivity index (χ2n) is 26.2. The maximum absolute atomic E-state index is 12.4. The first-order chi connectivity index (χ1) is 34.2. The predicted molar refractivity (Wildman–Crippen MR) is 250 cm³/mol. The molecule has 0 aromatic carbocycles. The van der Waals surface area contributed by atoms with Gasteiger partial charge < -0.3 is 104 Å². The van der Waals surface area contributed by atoms with Crippen LogP contribution in [0.3, 0.4) is 0 Å². The molecule has 73 heavy (non-hydrogen) atoms. The maximum atomic E-state index is 12.4. The molecule has 12 N–H and O–H groups in total. The number of hydrogen-bond donors (Lipinski definition) is 12. The van der Waals surface area contributed by atoms with Gasteiger partial charge in [0, 0.05) is 10.8 Å². The van der Waals surface area contributed by atoms with E-state index < -0.39 is 155 Å². The van der Waals surface area contributed by atoms with Crippen molar-refractivity contribution in [3.05, 3.63) is 0 Å². The average molecular weight is 1050 g/mol. The van der Waals surface area contributed by atoms with E-state index in [-0.39, 0.29) is 38.6 Å². The molecule has 10 rings (SSSR count). The van der Waals surface area contributed by atoms with E-state index >= 15 is 0 Å². The van der Waals surface area contributed by atoms with Gasteiger partial charge in [-0.25, -0.2) is 0 Å². The van der Waals surface area contributed by atoms with Crippen LogP contribution < -0.4 is 0 Å². The number of hydrogen-bond acceptors (Lipinski definition) is 21. The van der Waals surface area contributed by atoms with Crippen molar-refractivity contribution in [1.82, 2.24) is 0 Å². The van der Waals surface area contributed by atoms with Crippen LogP contribution in [0.15, 0.2) is 0 Å². The van der Waals surface area contributed by atoms with Gasteiger partial charge in [-0.3, -0.25) is 0 Å². The zero-order valence-corrected chi connectivity index (χ0v) is 43.4. The van der Waals surface area contributed by atoms with Crippen molar-refractivity contribution in [3.63, 3.8) is 0 Å². The van der Waals surface area contributed by atoms with E-state index in [1.54, 1.807) is 0 Å². The van der Waals surface area contributed by atoms with Gasteiger partial charge >= 0.3 is 0 Å². The Balaban J connectivity index is 0.900. The van der Waals surface area contributed by atoms with Crippen molar-refractivity contribution in [1.29, 1.82) is 0 Å². The standard InChI is InChI=1S/C52H86O21/c1-46(2)14-15-51-22-67-52(29(51)16-46)13-9-28-48(5)11-10-31(47(3,4)27(48)8-12-49(28,6)50(52,7)17-30(51)56)71-44-40(73-43-39(64)36(61)33(58)24(18-53)68-43)35(60)26(21-66-44)70-45-41(37(62)34(59)25(19-54)69-45)72-42-38(63)32(57)23(55)20-65-42/h23-45,53-64H,8-22H2,1-7H3/t23-,24-,25-,26+,27?,28-,29?,30-,31+,32+,33-,34-,35+,36+,37+,38-,39-,40-,41-,42+,43+,44+,45+,48+,49-,50+,51-,52+/m1/s1. The molecule has 28 atom stereocenters. The highest BCUT2D eigenvalue weighted by molar-refractivity contribution is 5.28. The molecular weight excluding hydrogens is 961 g/mol. The van der Waals surface area contributed by atoms with Gasteiger partial charge in [0.2, 0.25) is 0 Å². The Morgan fingerprint density at radius 2 is 1.12 bits per heavy atom. The van der Waals surface area contributed by atoms with Crippen LogP contribution in [0.4, 0.5) is 0 Å². The van der Waals surface area contributed by atoms with E-state index in [2.05, 4.69) is 48.5 Å². The SMILES string of the molecule is CC1(C)CC[C@]23CO[C@@]4(CC[C@@H]5[C@@]6(C)CC[C@H](O[C@@H]7OC[C@H](O[C@@H]8O[C@H](CO)[C@@H](O)[C@H](O)[C@H]8O[C@@H]8OC[C@@H](O)[C@H](O)[C@H]8O)[C@H](O)[C@H]7O[C@@H]7O[C@H](CO)[C@@H](O)[C@H](O)[C@H]7O)C(C)(C)C6CC[C@@]5(C)[C@]4(C)C[C@H]2O)C3C1. The molecule has 0 aromatic rings. The number of aliphatic hydroxyl groups is 12. The lowest BCUT2D eigenvalue weighted by Crippen LogP contribution is -2.74. The van der Waals surface area contributed by atoms with E-state index in [0.29, 0.717) is 24.9 Å². The normalized spacial score (nSPS) is 57.5. The van der Waals surface area contributed by atoms with Crippen molar-refractivity contribution >= 4 is 0 Å². The molecule has 2 bridgehead atoms. The van der Waals surface area contributed by atoms with Crippen LogP contribution in [-0.4, -0.2) is 223 Å². The van der Waals surface area contributed by atoms with Gasteiger partial charge in [-0.15, -0.1) is 0 Å². The lowest BCUT2D eigenvalue weighted by atomic mass is 9.30. The first-order valence-electron chi connectivity index (χ1n) is 27.1. The summed E-state index contributed by atoms with van der Waals surface area (Å²) in [6.45, 7) is 14.8. The zero-order chi connectivity index (χ0) is 52.7. The third kappa shape index (κ3) is 8.41. The van der Waals surface area contributed by atoms with Crippen molar-refractivity contribution < 1.29 is 104 Å².